The number of benzene rings is 1. The Bertz CT molecular complexity index is 822. The summed E-state index contributed by atoms with van der Waals surface area (Å²) in [6.07, 6.45) is 2.19. The molecule has 1 aromatic carbocycles. The molecular weight excluding hydrogens is 372 g/mol. The molecule has 156 valence electrons. The summed E-state index contributed by atoms with van der Waals surface area (Å²) >= 11 is 0. The molecule has 0 aliphatic carbocycles. The van der Waals surface area contributed by atoms with Crippen LogP contribution in [0.3, 0.4) is 0 Å². The summed E-state index contributed by atoms with van der Waals surface area (Å²) in [4.78, 5) is 19.7. The second kappa shape index (κ2) is 8.84. The van der Waals surface area contributed by atoms with Crippen LogP contribution in [0.1, 0.15) is 23.2 Å². The van der Waals surface area contributed by atoms with E-state index in [0.717, 1.165) is 50.3 Å². The molecular formula is C21H28N4O4. The summed E-state index contributed by atoms with van der Waals surface area (Å²) in [5, 5.41) is 13.5. The van der Waals surface area contributed by atoms with Crippen LogP contribution < -0.4 is 9.64 Å². The van der Waals surface area contributed by atoms with Crippen molar-refractivity contribution in [2.24, 2.45) is 0 Å². The highest BCUT2D eigenvalue weighted by Crippen LogP contribution is 2.34. The lowest BCUT2D eigenvalue weighted by Gasteiger charge is -2.34. The minimum atomic E-state index is -0.0392. The average Bonchev–Trinajstić information content (AvgIpc) is 3.44. The Hall–Kier alpha value is -2.58. The number of β-amino-alcohol motifs (C(OH)–C–C–N with tert-alkyl or cyclic N) is 1. The van der Waals surface area contributed by atoms with Gasteiger partial charge in [0.25, 0.3) is 5.91 Å². The predicted molar refractivity (Wildman–Crippen MR) is 109 cm³/mol. The number of ether oxygens (including phenoxy) is 1. The van der Waals surface area contributed by atoms with Gasteiger partial charge >= 0.3 is 0 Å². The lowest BCUT2D eigenvalue weighted by atomic mass is 10.1. The first-order valence-corrected chi connectivity index (χ1v) is 10.2. The molecule has 2 saturated heterocycles. The lowest BCUT2D eigenvalue weighted by molar-refractivity contribution is 0.0616. The Morgan fingerprint density at radius 2 is 1.79 bits per heavy atom. The van der Waals surface area contributed by atoms with Gasteiger partial charge in [0.1, 0.15) is 11.3 Å². The number of aliphatic hydroxyl groups excluding tert-OH is 1. The quantitative estimate of drug-likeness (QED) is 0.790. The molecule has 3 heterocycles. The van der Waals surface area contributed by atoms with Crippen LogP contribution in [-0.2, 0) is 0 Å². The van der Waals surface area contributed by atoms with Crippen molar-refractivity contribution in [1.29, 1.82) is 0 Å². The number of methoxy groups -OCH3 is 1. The molecule has 0 saturated carbocycles. The number of hydrogen-bond donors (Lipinski definition) is 1. The van der Waals surface area contributed by atoms with E-state index in [1.807, 2.05) is 29.2 Å². The highest BCUT2D eigenvalue weighted by atomic mass is 16.5. The molecule has 8 nitrogen and oxygen atoms in total. The van der Waals surface area contributed by atoms with E-state index in [1.165, 1.54) is 0 Å². The van der Waals surface area contributed by atoms with Crippen LogP contribution in [0.15, 0.2) is 28.8 Å². The molecule has 0 bridgehead atoms. The first-order chi connectivity index (χ1) is 14.2. The van der Waals surface area contributed by atoms with Gasteiger partial charge in [-0.1, -0.05) is 5.16 Å². The van der Waals surface area contributed by atoms with Crippen LogP contribution in [0.25, 0.3) is 11.3 Å². The van der Waals surface area contributed by atoms with Gasteiger partial charge in [0, 0.05) is 51.4 Å². The van der Waals surface area contributed by atoms with E-state index in [0.29, 0.717) is 36.8 Å². The third-order valence-corrected chi connectivity index (χ3v) is 5.72. The fraction of sp³-hybridized carbons (Fsp3) is 0.524. The zero-order chi connectivity index (χ0) is 20.2. The van der Waals surface area contributed by atoms with Crippen molar-refractivity contribution in [1.82, 2.24) is 15.0 Å². The normalized spacial score (nSPS) is 17.7. The third kappa shape index (κ3) is 4.09. The number of rotatable bonds is 6. The van der Waals surface area contributed by atoms with E-state index >= 15 is 0 Å². The monoisotopic (exact) mass is 400 g/mol. The molecule has 2 fully saturated rings. The largest absolute Gasteiger partial charge is 0.497 e. The number of aliphatic hydroxyl groups is 1. The molecule has 2 aromatic rings. The average molecular weight is 400 g/mol. The van der Waals surface area contributed by atoms with Crippen LogP contribution in [0.2, 0.25) is 0 Å². The van der Waals surface area contributed by atoms with Gasteiger partial charge in [0.05, 0.1) is 13.7 Å². The molecule has 1 aromatic heterocycles. The molecule has 0 radical (unpaired) electrons. The molecule has 2 aliphatic rings. The molecule has 29 heavy (non-hydrogen) atoms. The summed E-state index contributed by atoms with van der Waals surface area (Å²) in [5.41, 5.74) is 1.36. The van der Waals surface area contributed by atoms with E-state index in [2.05, 4.69) is 15.0 Å². The SMILES string of the molecule is COc1ccc(-c2onc(N3CCCC3)c2C(=O)N2CCN(CCO)CC2)cc1. The van der Waals surface area contributed by atoms with Gasteiger partial charge in [-0.2, -0.15) is 0 Å². The van der Waals surface area contributed by atoms with Gasteiger partial charge in [0.2, 0.25) is 0 Å². The van der Waals surface area contributed by atoms with Gasteiger partial charge in [-0.15, -0.1) is 0 Å². The van der Waals surface area contributed by atoms with Gasteiger partial charge in [0.15, 0.2) is 11.6 Å². The number of amides is 1. The van der Waals surface area contributed by atoms with Crippen molar-refractivity contribution < 1.29 is 19.2 Å². The Balaban J connectivity index is 1.64. The fourth-order valence-corrected chi connectivity index (χ4v) is 4.03. The molecule has 1 N–H and O–H groups in total. The Kier molecular flexibility index (Phi) is 6.01. The Labute approximate surface area is 170 Å². The number of hydrogen-bond acceptors (Lipinski definition) is 7. The fourth-order valence-electron chi connectivity index (χ4n) is 4.03. The zero-order valence-electron chi connectivity index (χ0n) is 16.8. The number of carbonyl (C=O) groups excluding carboxylic acids is 1. The molecule has 0 atom stereocenters. The van der Waals surface area contributed by atoms with Crippen molar-refractivity contribution in [3.8, 4) is 17.1 Å². The maximum atomic E-state index is 13.5. The topological polar surface area (TPSA) is 82.3 Å². The second-order valence-electron chi connectivity index (χ2n) is 7.49. The molecule has 0 unspecified atom stereocenters. The number of anilines is 1. The molecule has 0 spiro atoms. The summed E-state index contributed by atoms with van der Waals surface area (Å²) in [6.45, 7) is 5.34. The van der Waals surface area contributed by atoms with Crippen molar-refractivity contribution in [2.75, 3.05) is 64.4 Å². The third-order valence-electron chi connectivity index (χ3n) is 5.72. The van der Waals surface area contributed by atoms with E-state index in [4.69, 9.17) is 14.4 Å². The van der Waals surface area contributed by atoms with Crippen molar-refractivity contribution in [3.05, 3.63) is 29.8 Å². The van der Waals surface area contributed by atoms with Crippen LogP contribution in [-0.4, -0.2) is 85.5 Å². The zero-order valence-corrected chi connectivity index (χ0v) is 16.8. The maximum Gasteiger partial charge on any atom is 0.261 e. The molecule has 8 heteroatoms. The van der Waals surface area contributed by atoms with Crippen LogP contribution in [0.4, 0.5) is 5.82 Å². The number of piperazine rings is 1. The molecule has 2 aliphatic heterocycles. The smallest absolute Gasteiger partial charge is 0.261 e. The van der Waals surface area contributed by atoms with Gasteiger partial charge < -0.3 is 24.2 Å². The first-order valence-electron chi connectivity index (χ1n) is 10.2. The summed E-state index contributed by atoms with van der Waals surface area (Å²) in [7, 11) is 1.63. The molecule has 4 rings (SSSR count). The minimum absolute atomic E-state index is 0.0392. The van der Waals surface area contributed by atoms with Crippen LogP contribution in [0.5, 0.6) is 5.75 Å². The van der Waals surface area contributed by atoms with E-state index in [9.17, 15) is 4.79 Å². The molecule has 1 amide bonds. The Morgan fingerprint density at radius 1 is 1.10 bits per heavy atom. The van der Waals surface area contributed by atoms with Crippen molar-refractivity contribution >= 4 is 11.7 Å². The summed E-state index contributed by atoms with van der Waals surface area (Å²) < 4.78 is 11.0. The van der Waals surface area contributed by atoms with Gasteiger partial charge in [-0.05, 0) is 37.1 Å². The van der Waals surface area contributed by atoms with Crippen molar-refractivity contribution in [2.45, 2.75) is 12.8 Å². The highest BCUT2D eigenvalue weighted by molar-refractivity contribution is 6.04. The van der Waals surface area contributed by atoms with Gasteiger partial charge in [-0.3, -0.25) is 9.69 Å². The maximum absolute atomic E-state index is 13.5. The van der Waals surface area contributed by atoms with E-state index in [-0.39, 0.29) is 12.5 Å². The summed E-state index contributed by atoms with van der Waals surface area (Å²) in [6, 6.07) is 7.50. The van der Waals surface area contributed by atoms with E-state index < -0.39 is 0 Å². The number of nitrogens with zero attached hydrogens (tertiary/aromatic N) is 4. The highest BCUT2D eigenvalue weighted by Gasteiger charge is 2.33. The predicted octanol–water partition coefficient (Wildman–Crippen LogP) is 1.70. The standard InChI is InChI=1S/C21H28N4O4/c1-28-17-6-4-16(5-7-17)19-18(20(22-29-19)24-8-2-3-9-24)21(27)25-12-10-23(11-13-25)14-15-26/h4-7,26H,2-3,8-15H2,1H3. The summed E-state index contributed by atoms with van der Waals surface area (Å²) in [5.74, 6) is 1.87. The number of carbonyl (C=O) groups is 1. The van der Waals surface area contributed by atoms with Gasteiger partial charge in [-0.25, -0.2) is 0 Å². The van der Waals surface area contributed by atoms with Crippen LogP contribution >= 0.6 is 0 Å². The van der Waals surface area contributed by atoms with E-state index in [1.54, 1.807) is 7.11 Å². The van der Waals surface area contributed by atoms with Crippen LogP contribution in [0, 0.1) is 0 Å². The Morgan fingerprint density at radius 3 is 2.41 bits per heavy atom. The van der Waals surface area contributed by atoms with Crippen molar-refractivity contribution in [3.63, 3.8) is 0 Å². The minimum Gasteiger partial charge on any atom is -0.497 e. The number of aromatic nitrogens is 1. The first kappa shape index (κ1) is 19.7. The lowest BCUT2D eigenvalue weighted by Crippen LogP contribution is -2.49. The second-order valence-corrected chi connectivity index (χ2v) is 7.49.